The van der Waals surface area contributed by atoms with Crippen LogP contribution in [0.15, 0.2) is 36.7 Å². The van der Waals surface area contributed by atoms with Crippen LogP contribution < -0.4 is 4.90 Å². The van der Waals surface area contributed by atoms with Crippen molar-refractivity contribution in [2.45, 2.75) is 26.2 Å². The van der Waals surface area contributed by atoms with E-state index < -0.39 is 5.97 Å². The summed E-state index contributed by atoms with van der Waals surface area (Å²) in [4.78, 5) is 33.1. The first-order chi connectivity index (χ1) is 11.6. The van der Waals surface area contributed by atoms with Crippen molar-refractivity contribution >= 4 is 17.6 Å². The van der Waals surface area contributed by atoms with Gasteiger partial charge in [0.2, 0.25) is 0 Å². The number of hydrogen-bond acceptors (Lipinski definition) is 4. The van der Waals surface area contributed by atoms with Gasteiger partial charge in [-0.1, -0.05) is 19.1 Å². The Morgan fingerprint density at radius 2 is 1.75 bits per heavy atom. The molecule has 124 valence electrons. The predicted molar refractivity (Wildman–Crippen MR) is 89.2 cm³/mol. The minimum Gasteiger partial charge on any atom is -0.476 e. The molecule has 0 saturated heterocycles. The van der Waals surface area contributed by atoms with Gasteiger partial charge in [0.15, 0.2) is 5.69 Å². The number of carboxylic acids is 1. The molecular formula is C18H19N3O3. The molecule has 3 rings (SSSR count). The number of carbonyl (C=O) groups is 2. The third-order valence-electron chi connectivity index (χ3n) is 4.13. The molecule has 24 heavy (non-hydrogen) atoms. The minimum absolute atomic E-state index is 0.153. The van der Waals surface area contributed by atoms with Crippen molar-refractivity contribution in [1.82, 2.24) is 9.97 Å². The molecule has 0 unspecified atom stereocenters. The molecule has 0 radical (unpaired) electrons. The first-order valence-corrected chi connectivity index (χ1v) is 8.04. The van der Waals surface area contributed by atoms with Gasteiger partial charge in [-0.25, -0.2) is 14.8 Å². The first-order valence-electron chi connectivity index (χ1n) is 8.04. The molecule has 0 atom stereocenters. The molecule has 1 aliphatic carbocycles. The number of aromatic carboxylic acids is 1. The summed E-state index contributed by atoms with van der Waals surface area (Å²) in [5.74, 6) is -0.895. The van der Waals surface area contributed by atoms with Crippen LogP contribution in [-0.4, -0.2) is 33.5 Å². The van der Waals surface area contributed by atoms with Crippen LogP contribution >= 0.6 is 0 Å². The van der Waals surface area contributed by atoms with Gasteiger partial charge in [-0.3, -0.25) is 4.79 Å². The Bertz CT molecular complexity index is 737. The topological polar surface area (TPSA) is 83.4 Å². The zero-order chi connectivity index (χ0) is 17.1. The van der Waals surface area contributed by atoms with Crippen LogP contribution in [-0.2, 0) is 6.42 Å². The summed E-state index contributed by atoms with van der Waals surface area (Å²) >= 11 is 0. The Labute approximate surface area is 140 Å². The van der Waals surface area contributed by atoms with Gasteiger partial charge in [0, 0.05) is 12.2 Å². The van der Waals surface area contributed by atoms with Gasteiger partial charge >= 0.3 is 5.97 Å². The average Bonchev–Trinajstić information content (AvgIpc) is 3.43. The van der Waals surface area contributed by atoms with Crippen molar-refractivity contribution in [2.75, 3.05) is 11.4 Å². The van der Waals surface area contributed by atoms with Crippen LogP contribution in [0.2, 0.25) is 0 Å². The van der Waals surface area contributed by atoms with Crippen molar-refractivity contribution in [3.63, 3.8) is 0 Å². The number of anilines is 1. The van der Waals surface area contributed by atoms with Crippen LogP contribution in [0, 0.1) is 5.92 Å². The number of aryl methyl sites for hydroxylation is 1. The zero-order valence-corrected chi connectivity index (χ0v) is 13.5. The molecule has 6 heteroatoms. The molecule has 1 aliphatic rings. The Hall–Kier alpha value is -2.76. The van der Waals surface area contributed by atoms with Gasteiger partial charge in [0.05, 0.1) is 12.4 Å². The normalized spacial score (nSPS) is 13.5. The molecule has 0 aliphatic heterocycles. The molecular weight excluding hydrogens is 306 g/mol. The fraction of sp³-hybridized carbons (Fsp3) is 0.333. The summed E-state index contributed by atoms with van der Waals surface area (Å²) in [6.07, 6.45) is 5.54. The van der Waals surface area contributed by atoms with Crippen LogP contribution in [0.4, 0.5) is 5.69 Å². The number of hydrogen-bond donors (Lipinski definition) is 1. The SMILES string of the molecule is CCc1ccc(N(CC2CC2)C(=O)c2cnc(C(=O)O)cn2)cc1. The number of rotatable bonds is 6. The number of amides is 1. The van der Waals surface area contributed by atoms with Gasteiger partial charge in [0.1, 0.15) is 5.69 Å². The number of carbonyl (C=O) groups excluding carboxylic acids is 1. The van der Waals surface area contributed by atoms with Gasteiger partial charge in [-0.2, -0.15) is 0 Å². The number of nitrogens with zero attached hydrogens (tertiary/aromatic N) is 3. The standard InChI is InChI=1S/C18H19N3O3/c1-2-12-5-7-14(8-6-12)21(11-13-3-4-13)17(22)15-9-20-16(10-19-15)18(23)24/h5-10,13H,2-4,11H2,1H3,(H,23,24). The first kappa shape index (κ1) is 16.1. The van der Waals surface area contributed by atoms with E-state index in [-0.39, 0.29) is 17.3 Å². The monoisotopic (exact) mass is 325 g/mol. The average molecular weight is 325 g/mol. The molecule has 1 saturated carbocycles. The predicted octanol–water partition coefficient (Wildman–Crippen LogP) is 2.79. The van der Waals surface area contributed by atoms with E-state index in [1.807, 2.05) is 24.3 Å². The lowest BCUT2D eigenvalue weighted by Crippen LogP contribution is -2.33. The summed E-state index contributed by atoms with van der Waals surface area (Å²) in [5, 5.41) is 8.88. The lowest BCUT2D eigenvalue weighted by molar-refractivity contribution is 0.0689. The van der Waals surface area contributed by atoms with E-state index >= 15 is 0 Å². The van der Waals surface area contributed by atoms with Crippen LogP contribution in [0.3, 0.4) is 0 Å². The molecule has 0 bridgehead atoms. The smallest absolute Gasteiger partial charge is 0.356 e. The number of benzene rings is 1. The summed E-state index contributed by atoms with van der Waals surface area (Å²) < 4.78 is 0. The molecule has 1 fully saturated rings. The van der Waals surface area contributed by atoms with Crippen molar-refractivity contribution < 1.29 is 14.7 Å². The van der Waals surface area contributed by atoms with E-state index in [9.17, 15) is 9.59 Å². The Morgan fingerprint density at radius 1 is 1.12 bits per heavy atom. The van der Waals surface area contributed by atoms with E-state index in [0.717, 1.165) is 31.1 Å². The van der Waals surface area contributed by atoms with Crippen LogP contribution in [0.1, 0.15) is 46.3 Å². The van der Waals surface area contributed by atoms with Crippen molar-refractivity contribution in [1.29, 1.82) is 0 Å². The molecule has 1 amide bonds. The maximum atomic E-state index is 12.8. The second-order valence-corrected chi connectivity index (χ2v) is 5.97. The fourth-order valence-electron chi connectivity index (χ4n) is 2.46. The van der Waals surface area contributed by atoms with E-state index in [0.29, 0.717) is 12.5 Å². The lowest BCUT2D eigenvalue weighted by atomic mass is 10.1. The Kier molecular flexibility index (Phi) is 4.55. The number of aromatic nitrogens is 2. The zero-order valence-electron chi connectivity index (χ0n) is 13.5. The third kappa shape index (κ3) is 3.59. The Balaban J connectivity index is 1.86. The summed E-state index contributed by atoms with van der Waals surface area (Å²) in [7, 11) is 0. The fourth-order valence-corrected chi connectivity index (χ4v) is 2.46. The highest BCUT2D eigenvalue weighted by Crippen LogP contribution is 2.32. The maximum absolute atomic E-state index is 12.8. The summed E-state index contributed by atoms with van der Waals surface area (Å²) in [6, 6.07) is 7.92. The molecule has 6 nitrogen and oxygen atoms in total. The lowest BCUT2D eigenvalue weighted by Gasteiger charge is -2.22. The second kappa shape index (κ2) is 6.78. The molecule has 2 aromatic rings. The molecule has 0 spiro atoms. The highest BCUT2D eigenvalue weighted by atomic mass is 16.4. The van der Waals surface area contributed by atoms with E-state index in [1.165, 1.54) is 11.8 Å². The van der Waals surface area contributed by atoms with E-state index in [4.69, 9.17) is 5.11 Å². The quantitative estimate of drug-likeness (QED) is 0.883. The van der Waals surface area contributed by atoms with Gasteiger partial charge in [-0.15, -0.1) is 0 Å². The van der Waals surface area contributed by atoms with Crippen LogP contribution in [0.25, 0.3) is 0 Å². The third-order valence-corrected chi connectivity index (χ3v) is 4.13. The van der Waals surface area contributed by atoms with Crippen molar-refractivity contribution in [3.8, 4) is 0 Å². The van der Waals surface area contributed by atoms with Gasteiger partial charge in [-0.05, 0) is 42.9 Å². The van der Waals surface area contributed by atoms with Crippen molar-refractivity contribution in [2.24, 2.45) is 5.92 Å². The number of carboxylic acid groups (broad SMARTS) is 1. The molecule has 1 N–H and O–H groups in total. The minimum atomic E-state index is -1.16. The highest BCUT2D eigenvalue weighted by molar-refractivity contribution is 6.04. The highest BCUT2D eigenvalue weighted by Gasteiger charge is 2.29. The van der Waals surface area contributed by atoms with E-state index in [2.05, 4.69) is 16.9 Å². The van der Waals surface area contributed by atoms with Crippen LogP contribution in [0.5, 0.6) is 0 Å². The maximum Gasteiger partial charge on any atom is 0.356 e. The molecule has 1 aromatic carbocycles. The molecule has 1 heterocycles. The van der Waals surface area contributed by atoms with Gasteiger partial charge in [0.25, 0.3) is 5.91 Å². The molecule has 1 aromatic heterocycles. The van der Waals surface area contributed by atoms with Gasteiger partial charge < -0.3 is 10.0 Å². The summed E-state index contributed by atoms with van der Waals surface area (Å²) in [6.45, 7) is 2.73. The largest absolute Gasteiger partial charge is 0.476 e. The summed E-state index contributed by atoms with van der Waals surface area (Å²) in [5.41, 5.74) is 2.02. The van der Waals surface area contributed by atoms with E-state index in [1.54, 1.807) is 4.90 Å². The second-order valence-electron chi connectivity index (χ2n) is 5.97. The van der Waals surface area contributed by atoms with Crippen molar-refractivity contribution in [3.05, 3.63) is 53.6 Å². The Morgan fingerprint density at radius 3 is 2.25 bits per heavy atom.